The highest BCUT2D eigenvalue weighted by Gasteiger charge is 2.23. The molecule has 1 rings (SSSR count). The minimum absolute atomic E-state index is 0.00231. The molecule has 0 unspecified atom stereocenters. The molecule has 1 heterocycles. The Morgan fingerprint density at radius 3 is 2.46 bits per heavy atom. The van der Waals surface area contributed by atoms with Crippen LogP contribution in [0.3, 0.4) is 0 Å². The minimum atomic E-state index is -3.91. The third kappa shape index (κ3) is 1.66. The van der Waals surface area contributed by atoms with Gasteiger partial charge in [-0.15, -0.1) is 0 Å². The first-order valence-electron chi connectivity index (χ1n) is 3.26. The summed E-state index contributed by atoms with van der Waals surface area (Å²) in [4.78, 5) is 0. The van der Waals surface area contributed by atoms with Gasteiger partial charge >= 0.3 is 0 Å². The molecule has 0 saturated carbocycles. The molecule has 0 N–H and O–H groups in total. The maximum Gasteiger partial charge on any atom is 0.279 e. The molecule has 0 aliphatic heterocycles. The molecule has 0 bridgehead atoms. The number of nitrogens with zero attached hydrogens (tertiary/aromatic N) is 3. The number of hydrogen-bond acceptors (Lipinski definition) is 4. The quantitative estimate of drug-likeness (QED) is 0.646. The van der Waals surface area contributed by atoms with Crippen molar-refractivity contribution in [1.82, 2.24) is 9.78 Å². The van der Waals surface area contributed by atoms with E-state index in [1.165, 1.54) is 7.05 Å². The highest BCUT2D eigenvalue weighted by Crippen LogP contribution is 2.20. The van der Waals surface area contributed by atoms with Crippen LogP contribution in [-0.2, 0) is 16.1 Å². The van der Waals surface area contributed by atoms with E-state index in [2.05, 4.69) is 5.10 Å². The van der Waals surface area contributed by atoms with E-state index >= 15 is 0 Å². The Balaban J connectivity index is 3.65. The molecule has 13 heavy (non-hydrogen) atoms. The summed E-state index contributed by atoms with van der Waals surface area (Å²) in [6.45, 7) is 1.55. The predicted octanol–water partition coefficient (Wildman–Crippen LogP) is 0.528. The van der Waals surface area contributed by atoms with Gasteiger partial charge in [0.25, 0.3) is 9.05 Å². The smallest absolute Gasteiger partial charge is 0.255 e. The van der Waals surface area contributed by atoms with Gasteiger partial charge < -0.3 is 0 Å². The fourth-order valence-corrected chi connectivity index (χ4v) is 2.37. The minimum Gasteiger partial charge on any atom is -0.255 e. The molecular weight excluding hydrogens is 214 g/mol. The Morgan fingerprint density at radius 2 is 2.15 bits per heavy atom. The van der Waals surface area contributed by atoms with Crippen LogP contribution in [0.1, 0.15) is 11.3 Å². The lowest BCUT2D eigenvalue weighted by Crippen LogP contribution is -2.02. The third-order valence-corrected chi connectivity index (χ3v) is 2.88. The van der Waals surface area contributed by atoms with E-state index in [1.807, 2.05) is 0 Å². The standard InChI is InChI=1S/C6H6ClN3O2S/c1-4-5(3-8)6(10(2)9-4)13(7,11)12/h1-2H3. The molecule has 7 heteroatoms. The van der Waals surface area contributed by atoms with Crippen molar-refractivity contribution in [2.45, 2.75) is 11.9 Å². The highest BCUT2D eigenvalue weighted by atomic mass is 35.7. The maximum absolute atomic E-state index is 11.0. The number of rotatable bonds is 1. The Labute approximate surface area is 80.0 Å². The summed E-state index contributed by atoms with van der Waals surface area (Å²) in [5, 5.41) is 12.2. The number of hydrogen-bond donors (Lipinski definition) is 0. The number of nitriles is 1. The van der Waals surface area contributed by atoms with Gasteiger partial charge in [0.15, 0.2) is 5.03 Å². The van der Waals surface area contributed by atoms with Crippen molar-refractivity contribution in [3.05, 3.63) is 11.3 Å². The number of aryl methyl sites for hydroxylation is 2. The Hall–Kier alpha value is -1.06. The SMILES string of the molecule is Cc1nn(C)c(S(=O)(=O)Cl)c1C#N. The number of aromatic nitrogens is 2. The molecule has 1 aromatic heterocycles. The van der Waals surface area contributed by atoms with E-state index in [9.17, 15) is 8.42 Å². The first-order chi connectivity index (χ1) is 5.88. The van der Waals surface area contributed by atoms with Crippen molar-refractivity contribution >= 4 is 19.7 Å². The molecule has 0 saturated heterocycles. The van der Waals surface area contributed by atoms with Gasteiger partial charge in [-0.25, -0.2) is 8.42 Å². The molecule has 0 aliphatic carbocycles. The molecule has 5 nitrogen and oxygen atoms in total. The van der Waals surface area contributed by atoms with Crippen LogP contribution in [-0.4, -0.2) is 18.2 Å². The van der Waals surface area contributed by atoms with E-state index in [0.29, 0.717) is 5.69 Å². The van der Waals surface area contributed by atoms with Crippen LogP contribution >= 0.6 is 10.7 Å². The van der Waals surface area contributed by atoms with Crippen molar-refractivity contribution in [3.63, 3.8) is 0 Å². The maximum atomic E-state index is 11.0. The summed E-state index contributed by atoms with van der Waals surface area (Å²) in [6.07, 6.45) is 0. The normalized spacial score (nSPS) is 11.2. The molecule has 0 aromatic carbocycles. The van der Waals surface area contributed by atoms with Crippen molar-refractivity contribution in [3.8, 4) is 6.07 Å². The average molecular weight is 220 g/mol. The van der Waals surface area contributed by atoms with Gasteiger partial charge in [-0.05, 0) is 6.92 Å². The second-order valence-electron chi connectivity index (χ2n) is 2.44. The molecule has 0 spiro atoms. The van der Waals surface area contributed by atoms with E-state index in [0.717, 1.165) is 4.68 Å². The van der Waals surface area contributed by atoms with Crippen molar-refractivity contribution in [2.24, 2.45) is 7.05 Å². The van der Waals surface area contributed by atoms with Crippen LogP contribution < -0.4 is 0 Å². The zero-order valence-corrected chi connectivity index (χ0v) is 8.52. The van der Waals surface area contributed by atoms with Gasteiger partial charge in [0.05, 0.1) is 5.69 Å². The zero-order chi connectivity index (χ0) is 10.2. The third-order valence-electron chi connectivity index (χ3n) is 1.51. The highest BCUT2D eigenvalue weighted by molar-refractivity contribution is 8.13. The van der Waals surface area contributed by atoms with Crippen molar-refractivity contribution in [2.75, 3.05) is 0 Å². The molecule has 1 aromatic rings. The summed E-state index contributed by atoms with van der Waals surface area (Å²) in [5.41, 5.74) is 0.349. The van der Waals surface area contributed by atoms with Crippen molar-refractivity contribution < 1.29 is 8.42 Å². The average Bonchev–Trinajstić information content (AvgIpc) is 2.23. The van der Waals surface area contributed by atoms with Gasteiger partial charge in [0, 0.05) is 17.7 Å². The van der Waals surface area contributed by atoms with Gasteiger partial charge in [0.2, 0.25) is 0 Å². The van der Waals surface area contributed by atoms with E-state index < -0.39 is 9.05 Å². The van der Waals surface area contributed by atoms with Gasteiger partial charge in [0.1, 0.15) is 11.6 Å². The molecular formula is C6H6ClN3O2S. The van der Waals surface area contributed by atoms with E-state index in [-0.39, 0.29) is 10.6 Å². The molecule has 0 atom stereocenters. The van der Waals surface area contributed by atoms with Crippen LogP contribution in [0.4, 0.5) is 0 Å². The van der Waals surface area contributed by atoms with Crippen LogP contribution in [0.15, 0.2) is 5.03 Å². The summed E-state index contributed by atoms with van der Waals surface area (Å²) in [7, 11) is 2.64. The van der Waals surface area contributed by atoms with Gasteiger partial charge in [-0.2, -0.15) is 10.4 Å². The largest absolute Gasteiger partial charge is 0.279 e. The van der Waals surface area contributed by atoms with Crippen LogP contribution in [0.25, 0.3) is 0 Å². The molecule has 70 valence electrons. The first kappa shape index (κ1) is 10.0. The summed E-state index contributed by atoms with van der Waals surface area (Å²) < 4.78 is 23.1. The second-order valence-corrected chi connectivity index (χ2v) is 4.92. The van der Waals surface area contributed by atoms with Crippen LogP contribution in [0, 0.1) is 18.3 Å². The van der Waals surface area contributed by atoms with Gasteiger partial charge in [-0.1, -0.05) is 0 Å². The van der Waals surface area contributed by atoms with Crippen LogP contribution in [0.2, 0.25) is 0 Å². The lowest BCUT2D eigenvalue weighted by molar-refractivity contribution is 0.589. The predicted molar refractivity (Wildman–Crippen MR) is 45.7 cm³/mol. The lowest BCUT2D eigenvalue weighted by atomic mass is 10.3. The fraction of sp³-hybridized carbons (Fsp3) is 0.333. The van der Waals surface area contributed by atoms with E-state index in [1.54, 1.807) is 13.0 Å². The van der Waals surface area contributed by atoms with Crippen molar-refractivity contribution in [1.29, 1.82) is 5.26 Å². The molecule has 0 amide bonds. The Kier molecular flexibility index (Phi) is 2.32. The second kappa shape index (κ2) is 3.01. The summed E-state index contributed by atoms with van der Waals surface area (Å²) in [5.74, 6) is 0. The molecule has 0 fully saturated rings. The summed E-state index contributed by atoms with van der Waals surface area (Å²) >= 11 is 0. The zero-order valence-electron chi connectivity index (χ0n) is 6.94. The number of halogens is 1. The van der Waals surface area contributed by atoms with Gasteiger partial charge in [-0.3, -0.25) is 4.68 Å². The lowest BCUT2D eigenvalue weighted by Gasteiger charge is -1.95. The Bertz CT molecular complexity index is 483. The monoisotopic (exact) mass is 219 g/mol. The molecule has 0 radical (unpaired) electrons. The van der Waals surface area contributed by atoms with E-state index in [4.69, 9.17) is 15.9 Å². The summed E-state index contributed by atoms with van der Waals surface area (Å²) in [6, 6.07) is 1.74. The Morgan fingerprint density at radius 1 is 1.62 bits per heavy atom. The fourth-order valence-electron chi connectivity index (χ4n) is 1.05. The molecule has 0 aliphatic rings. The van der Waals surface area contributed by atoms with Crippen LogP contribution in [0.5, 0.6) is 0 Å². The first-order valence-corrected chi connectivity index (χ1v) is 5.57. The topological polar surface area (TPSA) is 75.8 Å².